The summed E-state index contributed by atoms with van der Waals surface area (Å²) in [5.74, 6) is 0. The molecule has 0 aliphatic heterocycles. The fraction of sp³-hybridized carbons (Fsp3) is 0.467. The van der Waals surface area contributed by atoms with Crippen molar-refractivity contribution < 1.29 is 0 Å². The van der Waals surface area contributed by atoms with Crippen molar-refractivity contribution in [2.45, 2.75) is 33.2 Å². The monoisotopic (exact) mass is 258 g/mol. The van der Waals surface area contributed by atoms with E-state index in [2.05, 4.69) is 42.2 Å². The van der Waals surface area contributed by atoms with Crippen molar-refractivity contribution in [3.05, 3.63) is 46.5 Å². The van der Waals surface area contributed by atoms with Gasteiger partial charge < -0.3 is 5.32 Å². The second kappa shape index (κ2) is 5.53. The molecule has 4 heteroatoms. The minimum atomic E-state index is 0.273. The molecule has 2 aromatic rings. The summed E-state index contributed by atoms with van der Waals surface area (Å²) < 4.78 is 1.95. The standard InChI is InChI=1S/C15H22N4/c1-10-6-7-17-9-14(10)15(16-4)8-13-11(2)18-19(5)12(13)3/h6-7,9,15-16H,8H2,1-5H3. The quantitative estimate of drug-likeness (QED) is 0.914. The van der Waals surface area contributed by atoms with Crippen molar-refractivity contribution in [2.24, 2.45) is 7.05 Å². The Hall–Kier alpha value is -1.68. The van der Waals surface area contributed by atoms with Gasteiger partial charge in [-0.25, -0.2) is 0 Å². The molecule has 19 heavy (non-hydrogen) atoms. The zero-order valence-corrected chi connectivity index (χ0v) is 12.4. The molecule has 1 atom stereocenters. The Labute approximate surface area is 114 Å². The molecule has 0 fully saturated rings. The van der Waals surface area contributed by atoms with Crippen LogP contribution in [0.3, 0.4) is 0 Å². The molecule has 2 aromatic heterocycles. The van der Waals surface area contributed by atoms with E-state index >= 15 is 0 Å². The Morgan fingerprint density at radius 2 is 2.05 bits per heavy atom. The molecule has 2 rings (SSSR count). The highest BCUT2D eigenvalue weighted by molar-refractivity contribution is 5.31. The zero-order valence-electron chi connectivity index (χ0n) is 12.4. The summed E-state index contributed by atoms with van der Waals surface area (Å²) in [6.45, 7) is 6.33. The third-order valence-corrected chi connectivity index (χ3v) is 3.87. The summed E-state index contributed by atoms with van der Waals surface area (Å²) >= 11 is 0. The van der Waals surface area contributed by atoms with Crippen LogP contribution in [-0.4, -0.2) is 21.8 Å². The number of pyridine rings is 1. The Balaban J connectivity index is 2.32. The van der Waals surface area contributed by atoms with Crippen molar-refractivity contribution in [2.75, 3.05) is 7.05 Å². The first kappa shape index (κ1) is 13.7. The molecule has 1 unspecified atom stereocenters. The molecular weight excluding hydrogens is 236 g/mol. The van der Waals surface area contributed by atoms with Crippen LogP contribution in [0.2, 0.25) is 0 Å². The maximum Gasteiger partial charge on any atom is 0.0629 e. The molecule has 0 saturated heterocycles. The van der Waals surface area contributed by atoms with E-state index in [4.69, 9.17) is 0 Å². The third kappa shape index (κ3) is 2.68. The van der Waals surface area contributed by atoms with Crippen LogP contribution in [0.4, 0.5) is 0 Å². The third-order valence-electron chi connectivity index (χ3n) is 3.87. The lowest BCUT2D eigenvalue weighted by molar-refractivity contribution is 0.583. The number of nitrogens with zero attached hydrogens (tertiary/aromatic N) is 3. The van der Waals surface area contributed by atoms with Gasteiger partial charge >= 0.3 is 0 Å². The number of hydrogen-bond donors (Lipinski definition) is 1. The van der Waals surface area contributed by atoms with Crippen molar-refractivity contribution in [1.82, 2.24) is 20.1 Å². The van der Waals surface area contributed by atoms with Gasteiger partial charge in [0.2, 0.25) is 0 Å². The van der Waals surface area contributed by atoms with Gasteiger partial charge in [0, 0.05) is 31.2 Å². The van der Waals surface area contributed by atoms with Crippen LogP contribution in [-0.2, 0) is 13.5 Å². The smallest absolute Gasteiger partial charge is 0.0629 e. The normalized spacial score (nSPS) is 12.7. The van der Waals surface area contributed by atoms with Gasteiger partial charge in [-0.15, -0.1) is 0 Å². The molecule has 0 bridgehead atoms. The van der Waals surface area contributed by atoms with Gasteiger partial charge in [-0.2, -0.15) is 5.10 Å². The van der Waals surface area contributed by atoms with E-state index in [1.165, 1.54) is 22.4 Å². The maximum absolute atomic E-state index is 4.49. The molecule has 0 aromatic carbocycles. The number of aryl methyl sites for hydroxylation is 3. The molecule has 0 aliphatic carbocycles. The first-order valence-corrected chi connectivity index (χ1v) is 6.61. The van der Waals surface area contributed by atoms with Crippen LogP contribution in [0.1, 0.15) is 34.1 Å². The Morgan fingerprint density at radius 1 is 1.32 bits per heavy atom. The minimum absolute atomic E-state index is 0.273. The van der Waals surface area contributed by atoms with E-state index in [0.717, 1.165) is 12.1 Å². The average Bonchev–Trinajstić information content (AvgIpc) is 2.63. The Kier molecular flexibility index (Phi) is 4.00. The summed E-state index contributed by atoms with van der Waals surface area (Å²) in [5, 5.41) is 7.88. The lowest BCUT2D eigenvalue weighted by Crippen LogP contribution is -2.20. The number of hydrogen-bond acceptors (Lipinski definition) is 3. The van der Waals surface area contributed by atoms with E-state index < -0.39 is 0 Å². The van der Waals surface area contributed by atoms with Gasteiger partial charge in [-0.05, 0) is 57.0 Å². The molecule has 0 aliphatic rings. The van der Waals surface area contributed by atoms with Crippen LogP contribution in [0.15, 0.2) is 18.5 Å². The molecule has 2 heterocycles. The summed E-state index contributed by atoms with van der Waals surface area (Å²) in [6, 6.07) is 2.33. The van der Waals surface area contributed by atoms with E-state index in [1.807, 2.05) is 31.2 Å². The number of rotatable bonds is 4. The summed E-state index contributed by atoms with van der Waals surface area (Å²) in [6.07, 6.45) is 4.73. The van der Waals surface area contributed by atoms with Crippen LogP contribution >= 0.6 is 0 Å². The van der Waals surface area contributed by atoms with E-state index in [9.17, 15) is 0 Å². The summed E-state index contributed by atoms with van der Waals surface area (Å²) in [4.78, 5) is 4.25. The molecule has 102 valence electrons. The zero-order chi connectivity index (χ0) is 14.0. The van der Waals surface area contributed by atoms with Gasteiger partial charge in [-0.3, -0.25) is 9.67 Å². The van der Waals surface area contributed by atoms with Crippen LogP contribution < -0.4 is 5.32 Å². The number of likely N-dealkylation sites (N-methyl/N-ethyl adjacent to an activating group) is 1. The number of nitrogens with one attached hydrogen (secondary N) is 1. The van der Waals surface area contributed by atoms with Gasteiger partial charge in [0.05, 0.1) is 5.69 Å². The molecule has 1 N–H and O–H groups in total. The van der Waals surface area contributed by atoms with Gasteiger partial charge in [0.25, 0.3) is 0 Å². The lowest BCUT2D eigenvalue weighted by Gasteiger charge is -2.18. The van der Waals surface area contributed by atoms with Crippen molar-refractivity contribution in [3.8, 4) is 0 Å². The molecule has 0 radical (unpaired) electrons. The average molecular weight is 258 g/mol. The minimum Gasteiger partial charge on any atom is -0.313 e. The highest BCUT2D eigenvalue weighted by Crippen LogP contribution is 2.23. The summed E-state index contributed by atoms with van der Waals surface area (Å²) in [5.41, 5.74) is 6.20. The maximum atomic E-state index is 4.49. The summed E-state index contributed by atoms with van der Waals surface area (Å²) in [7, 11) is 3.99. The molecular formula is C15H22N4. The fourth-order valence-electron chi connectivity index (χ4n) is 2.53. The molecule has 0 spiro atoms. The second-order valence-corrected chi connectivity index (χ2v) is 5.05. The van der Waals surface area contributed by atoms with Crippen LogP contribution in [0.5, 0.6) is 0 Å². The highest BCUT2D eigenvalue weighted by atomic mass is 15.3. The lowest BCUT2D eigenvalue weighted by atomic mass is 9.96. The van der Waals surface area contributed by atoms with Crippen molar-refractivity contribution in [3.63, 3.8) is 0 Å². The first-order valence-electron chi connectivity index (χ1n) is 6.61. The van der Waals surface area contributed by atoms with Crippen LogP contribution in [0, 0.1) is 20.8 Å². The predicted molar refractivity (Wildman–Crippen MR) is 77.2 cm³/mol. The topological polar surface area (TPSA) is 42.7 Å². The van der Waals surface area contributed by atoms with Gasteiger partial charge in [-0.1, -0.05) is 0 Å². The van der Waals surface area contributed by atoms with Gasteiger partial charge in [0.1, 0.15) is 0 Å². The van der Waals surface area contributed by atoms with E-state index in [1.54, 1.807) is 0 Å². The van der Waals surface area contributed by atoms with Crippen molar-refractivity contribution in [1.29, 1.82) is 0 Å². The van der Waals surface area contributed by atoms with Crippen LogP contribution in [0.25, 0.3) is 0 Å². The predicted octanol–water partition coefficient (Wildman–Crippen LogP) is 2.24. The largest absolute Gasteiger partial charge is 0.313 e. The first-order chi connectivity index (χ1) is 9.04. The highest BCUT2D eigenvalue weighted by Gasteiger charge is 2.17. The SMILES string of the molecule is CNC(Cc1c(C)nn(C)c1C)c1cnccc1C. The Bertz CT molecular complexity index is 572. The van der Waals surface area contributed by atoms with E-state index in [-0.39, 0.29) is 6.04 Å². The second-order valence-electron chi connectivity index (χ2n) is 5.05. The molecule has 0 amide bonds. The van der Waals surface area contributed by atoms with Gasteiger partial charge in [0.15, 0.2) is 0 Å². The molecule has 0 saturated carbocycles. The Morgan fingerprint density at radius 3 is 2.58 bits per heavy atom. The number of aromatic nitrogens is 3. The fourth-order valence-corrected chi connectivity index (χ4v) is 2.53. The van der Waals surface area contributed by atoms with E-state index in [0.29, 0.717) is 0 Å². The van der Waals surface area contributed by atoms with Crippen molar-refractivity contribution >= 4 is 0 Å². The molecule has 4 nitrogen and oxygen atoms in total.